The Morgan fingerprint density at radius 1 is 1.17 bits per heavy atom. The normalized spacial score (nSPS) is 15.8. The van der Waals surface area contributed by atoms with Crippen LogP contribution in [0.4, 0.5) is 5.82 Å². The molecule has 2 aromatic heterocycles. The summed E-state index contributed by atoms with van der Waals surface area (Å²) in [5.41, 5.74) is 2.67. The van der Waals surface area contributed by atoms with Crippen LogP contribution >= 0.6 is 11.5 Å². The van der Waals surface area contributed by atoms with Gasteiger partial charge >= 0.3 is 0 Å². The Balaban J connectivity index is 1.72. The topological polar surface area (TPSA) is 76.1 Å². The number of benzene rings is 1. The van der Waals surface area contributed by atoms with Crippen molar-refractivity contribution >= 4 is 37.4 Å². The molecule has 0 spiro atoms. The summed E-state index contributed by atoms with van der Waals surface area (Å²) in [6.07, 6.45) is 2.80. The van der Waals surface area contributed by atoms with Gasteiger partial charge in [0.05, 0.1) is 5.25 Å². The van der Waals surface area contributed by atoms with Crippen molar-refractivity contribution in [2.75, 3.05) is 24.2 Å². The second kappa shape index (κ2) is 5.24. The lowest BCUT2D eigenvalue weighted by Gasteiger charge is -2.38. The van der Waals surface area contributed by atoms with Crippen LogP contribution in [0.15, 0.2) is 36.7 Å². The zero-order chi connectivity index (χ0) is 16.0. The molecule has 0 atom stereocenters. The SMILES string of the molecule is CS(=O)(=O)C1CN(c2ncnc3c(-c4ccccc4)nsc23)C1. The molecule has 3 heterocycles. The molecule has 0 amide bonds. The molecule has 8 heteroatoms. The number of aromatic nitrogens is 3. The van der Waals surface area contributed by atoms with E-state index in [1.807, 2.05) is 35.2 Å². The van der Waals surface area contributed by atoms with Crippen LogP contribution in [0.25, 0.3) is 21.5 Å². The first-order valence-corrected chi connectivity index (χ1v) is 9.86. The fraction of sp³-hybridized carbons (Fsp3) is 0.267. The van der Waals surface area contributed by atoms with Gasteiger partial charge in [-0.3, -0.25) is 0 Å². The molecule has 1 fully saturated rings. The molecule has 3 aromatic rings. The molecule has 1 aliphatic heterocycles. The highest BCUT2D eigenvalue weighted by molar-refractivity contribution is 7.91. The van der Waals surface area contributed by atoms with Gasteiger partial charge in [-0.15, -0.1) is 0 Å². The summed E-state index contributed by atoms with van der Waals surface area (Å²) in [7, 11) is -3.00. The Morgan fingerprint density at radius 3 is 2.61 bits per heavy atom. The molecule has 1 aromatic carbocycles. The predicted molar refractivity (Wildman–Crippen MR) is 91.5 cm³/mol. The summed E-state index contributed by atoms with van der Waals surface area (Å²) in [5, 5.41) is -0.311. The van der Waals surface area contributed by atoms with Crippen molar-refractivity contribution in [3.05, 3.63) is 36.7 Å². The summed E-state index contributed by atoms with van der Waals surface area (Å²) < 4.78 is 28.6. The third-order valence-electron chi connectivity index (χ3n) is 4.04. The molecule has 0 radical (unpaired) electrons. The van der Waals surface area contributed by atoms with Gasteiger partial charge < -0.3 is 4.90 Å². The quantitative estimate of drug-likeness (QED) is 0.722. The van der Waals surface area contributed by atoms with Gasteiger partial charge in [-0.05, 0) is 11.5 Å². The lowest BCUT2D eigenvalue weighted by atomic mass is 10.1. The van der Waals surface area contributed by atoms with E-state index in [-0.39, 0.29) is 5.25 Å². The zero-order valence-electron chi connectivity index (χ0n) is 12.4. The van der Waals surface area contributed by atoms with Crippen molar-refractivity contribution < 1.29 is 8.42 Å². The van der Waals surface area contributed by atoms with E-state index >= 15 is 0 Å². The minimum absolute atomic E-state index is 0.311. The minimum atomic E-state index is -3.00. The van der Waals surface area contributed by atoms with Crippen LogP contribution < -0.4 is 4.90 Å². The molecule has 0 bridgehead atoms. The second-order valence-corrected chi connectivity index (χ2v) is 8.73. The van der Waals surface area contributed by atoms with Crippen LogP contribution in [-0.4, -0.2) is 47.4 Å². The number of anilines is 1. The van der Waals surface area contributed by atoms with E-state index in [1.165, 1.54) is 24.1 Å². The number of fused-ring (bicyclic) bond motifs is 1. The van der Waals surface area contributed by atoms with Gasteiger partial charge in [0.1, 0.15) is 22.2 Å². The first-order chi connectivity index (χ1) is 11.0. The van der Waals surface area contributed by atoms with Gasteiger partial charge in [-0.2, -0.15) is 4.37 Å². The zero-order valence-corrected chi connectivity index (χ0v) is 14.0. The molecule has 118 valence electrons. The van der Waals surface area contributed by atoms with Crippen LogP contribution in [0.1, 0.15) is 0 Å². The summed E-state index contributed by atoms with van der Waals surface area (Å²) >= 11 is 1.36. The van der Waals surface area contributed by atoms with Gasteiger partial charge in [-0.1, -0.05) is 30.3 Å². The van der Waals surface area contributed by atoms with E-state index < -0.39 is 9.84 Å². The number of nitrogens with zero attached hydrogens (tertiary/aromatic N) is 4. The first kappa shape index (κ1) is 14.5. The fourth-order valence-corrected chi connectivity index (χ4v) is 4.42. The maximum absolute atomic E-state index is 11.6. The molecule has 0 saturated carbocycles. The van der Waals surface area contributed by atoms with E-state index in [2.05, 4.69) is 14.3 Å². The molecule has 6 nitrogen and oxygen atoms in total. The van der Waals surface area contributed by atoms with Gasteiger partial charge in [0.15, 0.2) is 15.7 Å². The Kier molecular flexibility index (Phi) is 3.31. The number of hydrogen-bond acceptors (Lipinski definition) is 7. The summed E-state index contributed by atoms with van der Waals surface area (Å²) in [6.45, 7) is 0.951. The lowest BCUT2D eigenvalue weighted by Crippen LogP contribution is -2.54. The van der Waals surface area contributed by atoms with Gasteiger partial charge in [0.25, 0.3) is 0 Å². The first-order valence-electron chi connectivity index (χ1n) is 7.13. The summed E-state index contributed by atoms with van der Waals surface area (Å²) in [4.78, 5) is 10.7. The Hall–Kier alpha value is -2.06. The molecule has 1 saturated heterocycles. The van der Waals surface area contributed by atoms with Gasteiger partial charge in [-0.25, -0.2) is 18.4 Å². The molecular weight excluding hydrogens is 332 g/mol. The maximum atomic E-state index is 11.6. The number of hydrogen-bond donors (Lipinski definition) is 0. The molecule has 1 aliphatic rings. The van der Waals surface area contributed by atoms with Crippen LogP contribution in [0.3, 0.4) is 0 Å². The molecular formula is C15H14N4O2S2. The smallest absolute Gasteiger partial charge is 0.153 e. The van der Waals surface area contributed by atoms with Crippen molar-refractivity contribution in [2.45, 2.75) is 5.25 Å². The number of rotatable bonds is 3. The van der Waals surface area contributed by atoms with E-state index in [0.717, 1.165) is 27.3 Å². The van der Waals surface area contributed by atoms with Crippen molar-refractivity contribution in [3.63, 3.8) is 0 Å². The maximum Gasteiger partial charge on any atom is 0.153 e. The largest absolute Gasteiger partial charge is 0.353 e. The molecule has 0 N–H and O–H groups in total. The minimum Gasteiger partial charge on any atom is -0.353 e. The Bertz CT molecular complexity index is 964. The van der Waals surface area contributed by atoms with E-state index in [4.69, 9.17) is 0 Å². The van der Waals surface area contributed by atoms with E-state index in [9.17, 15) is 8.42 Å². The lowest BCUT2D eigenvalue weighted by molar-refractivity contribution is 0.545. The van der Waals surface area contributed by atoms with Gasteiger partial charge in [0.2, 0.25) is 0 Å². The molecule has 0 unspecified atom stereocenters. The van der Waals surface area contributed by atoms with Gasteiger partial charge in [0, 0.05) is 24.9 Å². The van der Waals surface area contributed by atoms with Crippen molar-refractivity contribution in [1.82, 2.24) is 14.3 Å². The highest BCUT2D eigenvalue weighted by Gasteiger charge is 2.36. The standard InChI is InChI=1S/C15H14N4O2S2/c1-23(20,21)11-7-19(8-11)15-14-13(16-9-17-15)12(18-22-14)10-5-3-2-4-6-10/h2-6,9,11H,7-8H2,1H3. The van der Waals surface area contributed by atoms with Crippen molar-refractivity contribution in [3.8, 4) is 11.3 Å². The summed E-state index contributed by atoms with van der Waals surface area (Å²) in [5.74, 6) is 0.773. The van der Waals surface area contributed by atoms with Crippen LogP contribution in [0, 0.1) is 0 Å². The highest BCUT2D eigenvalue weighted by atomic mass is 32.2. The van der Waals surface area contributed by atoms with Crippen molar-refractivity contribution in [1.29, 1.82) is 0 Å². The molecule has 23 heavy (non-hydrogen) atoms. The average Bonchev–Trinajstić information content (AvgIpc) is 2.90. The fourth-order valence-electron chi connectivity index (χ4n) is 2.64. The van der Waals surface area contributed by atoms with Crippen LogP contribution in [-0.2, 0) is 9.84 Å². The third-order valence-corrected chi connectivity index (χ3v) is 6.38. The molecule has 0 aliphatic carbocycles. The highest BCUT2D eigenvalue weighted by Crippen LogP contribution is 2.36. The molecule has 4 rings (SSSR count). The van der Waals surface area contributed by atoms with Crippen LogP contribution in [0.2, 0.25) is 0 Å². The number of sulfone groups is 1. The van der Waals surface area contributed by atoms with E-state index in [1.54, 1.807) is 0 Å². The van der Waals surface area contributed by atoms with Crippen LogP contribution in [0.5, 0.6) is 0 Å². The van der Waals surface area contributed by atoms with Crippen molar-refractivity contribution in [2.24, 2.45) is 0 Å². The second-order valence-electron chi connectivity index (χ2n) is 5.63. The Labute approximate surface area is 137 Å². The monoisotopic (exact) mass is 346 g/mol. The summed E-state index contributed by atoms with van der Waals surface area (Å²) in [6, 6.07) is 9.90. The Morgan fingerprint density at radius 2 is 1.91 bits per heavy atom. The van der Waals surface area contributed by atoms with E-state index in [0.29, 0.717) is 13.1 Å². The third kappa shape index (κ3) is 2.47. The predicted octanol–water partition coefficient (Wildman–Crippen LogP) is 1.99. The average molecular weight is 346 g/mol.